The van der Waals surface area contributed by atoms with E-state index < -0.39 is 26.5 Å². The molecule has 558 valence electrons. The van der Waals surface area contributed by atoms with Gasteiger partial charge in [0, 0.05) is 12.8 Å². The molecule has 0 saturated heterocycles. The fourth-order valence-electron chi connectivity index (χ4n) is 10.7. The summed E-state index contributed by atoms with van der Waals surface area (Å²) in [5, 5.41) is 0. The fraction of sp³-hybridized carbons (Fsp3) is 0.659. The first kappa shape index (κ1) is 93.4. The summed E-state index contributed by atoms with van der Waals surface area (Å²) in [6, 6.07) is 0. The van der Waals surface area contributed by atoms with Crippen molar-refractivity contribution in [2.75, 3.05) is 47.5 Å². The van der Waals surface area contributed by atoms with Gasteiger partial charge in [-0.3, -0.25) is 18.6 Å². The van der Waals surface area contributed by atoms with Crippen molar-refractivity contribution >= 4 is 19.8 Å². The second-order valence-corrected chi connectivity index (χ2v) is 28.8. The lowest BCUT2D eigenvalue weighted by atomic mass is 10.0. The molecule has 0 aromatic heterocycles. The average molecular weight is 1380 g/mol. The van der Waals surface area contributed by atoms with E-state index in [1.165, 1.54) is 141 Å². The molecule has 10 heteroatoms. The first-order valence-electron chi connectivity index (χ1n) is 39.9. The predicted molar refractivity (Wildman–Crippen MR) is 426 cm³/mol. The van der Waals surface area contributed by atoms with Gasteiger partial charge in [-0.25, -0.2) is 4.57 Å². The Morgan fingerprint density at radius 3 is 0.816 bits per heavy atom. The highest BCUT2D eigenvalue weighted by molar-refractivity contribution is 7.47. The summed E-state index contributed by atoms with van der Waals surface area (Å²) in [6.07, 6.45) is 116. The summed E-state index contributed by atoms with van der Waals surface area (Å²) in [5.74, 6) is -0.813. The maximum atomic E-state index is 12.9. The normalized spacial score (nSPS) is 14.0. The second-order valence-electron chi connectivity index (χ2n) is 27.3. The van der Waals surface area contributed by atoms with Crippen molar-refractivity contribution in [2.45, 2.75) is 328 Å². The summed E-state index contributed by atoms with van der Waals surface area (Å²) in [4.78, 5) is 36.0. The number of hydrogen-bond donors (Lipinski definition) is 1. The number of unbranched alkanes of at least 4 members (excludes halogenated alkanes) is 30. The average Bonchev–Trinajstić information content (AvgIpc) is 1.08. The number of nitrogens with zero attached hydrogens (tertiary/aromatic N) is 1. The van der Waals surface area contributed by atoms with Crippen LogP contribution in [0.5, 0.6) is 0 Å². The number of esters is 2. The van der Waals surface area contributed by atoms with Gasteiger partial charge in [-0.05, 0) is 128 Å². The molecule has 0 aliphatic heterocycles. The Morgan fingerprint density at radius 1 is 0.316 bits per heavy atom. The lowest BCUT2D eigenvalue weighted by molar-refractivity contribution is -0.870. The summed E-state index contributed by atoms with van der Waals surface area (Å²) in [5.41, 5.74) is 0. The lowest BCUT2D eigenvalue weighted by Crippen LogP contribution is -2.37. The largest absolute Gasteiger partial charge is 0.472 e. The molecule has 98 heavy (non-hydrogen) atoms. The molecule has 9 nitrogen and oxygen atoms in total. The van der Waals surface area contributed by atoms with Crippen molar-refractivity contribution in [3.63, 3.8) is 0 Å². The fourth-order valence-corrected chi connectivity index (χ4v) is 11.5. The molecule has 0 saturated carbocycles. The van der Waals surface area contributed by atoms with E-state index in [1.54, 1.807) is 0 Å². The molecular formula is C88H149NO8P+. The van der Waals surface area contributed by atoms with E-state index in [1.807, 2.05) is 21.1 Å². The molecule has 1 N–H and O–H groups in total. The number of quaternary nitrogens is 1. The van der Waals surface area contributed by atoms with E-state index in [4.69, 9.17) is 18.5 Å². The molecule has 0 spiro atoms. The van der Waals surface area contributed by atoms with Gasteiger partial charge >= 0.3 is 19.8 Å². The molecular weight excluding hydrogens is 1230 g/mol. The Bertz CT molecular complexity index is 2270. The zero-order chi connectivity index (χ0) is 71.1. The van der Waals surface area contributed by atoms with E-state index in [0.717, 1.165) is 148 Å². The van der Waals surface area contributed by atoms with Gasteiger partial charge in [0.1, 0.15) is 19.8 Å². The number of phosphoric acid groups is 1. The minimum absolute atomic E-state index is 0.0220. The van der Waals surface area contributed by atoms with Crippen LogP contribution in [-0.4, -0.2) is 74.9 Å². The highest BCUT2D eigenvalue weighted by atomic mass is 31.2. The van der Waals surface area contributed by atoms with Crippen LogP contribution < -0.4 is 0 Å². The van der Waals surface area contributed by atoms with Gasteiger partial charge < -0.3 is 18.9 Å². The number of phosphoric ester groups is 1. The van der Waals surface area contributed by atoms with Crippen LogP contribution in [0, 0.1) is 0 Å². The first-order valence-corrected chi connectivity index (χ1v) is 41.4. The van der Waals surface area contributed by atoms with Crippen molar-refractivity contribution in [1.29, 1.82) is 0 Å². The lowest BCUT2D eigenvalue weighted by Gasteiger charge is -2.24. The van der Waals surface area contributed by atoms with Crippen LogP contribution in [0.4, 0.5) is 0 Å². The van der Waals surface area contributed by atoms with Crippen LogP contribution in [0.2, 0.25) is 0 Å². The third kappa shape index (κ3) is 80.3. The van der Waals surface area contributed by atoms with E-state index in [-0.39, 0.29) is 32.0 Å². The van der Waals surface area contributed by atoms with Gasteiger partial charge in [0.05, 0.1) is 27.7 Å². The van der Waals surface area contributed by atoms with Crippen LogP contribution in [0.3, 0.4) is 0 Å². The smallest absolute Gasteiger partial charge is 0.462 e. The molecule has 2 unspecified atom stereocenters. The first-order chi connectivity index (χ1) is 48.0. The van der Waals surface area contributed by atoms with E-state index in [2.05, 4.69) is 184 Å². The molecule has 0 aliphatic carbocycles. The summed E-state index contributed by atoms with van der Waals surface area (Å²) in [6.45, 7) is 4.20. The third-order valence-electron chi connectivity index (χ3n) is 16.7. The zero-order valence-corrected chi connectivity index (χ0v) is 64.6. The third-order valence-corrected chi connectivity index (χ3v) is 17.7. The number of allylic oxidation sites excluding steroid dienone is 28. The van der Waals surface area contributed by atoms with Crippen LogP contribution in [0.15, 0.2) is 170 Å². The molecule has 0 rings (SSSR count). The van der Waals surface area contributed by atoms with Gasteiger partial charge in [0.25, 0.3) is 0 Å². The van der Waals surface area contributed by atoms with Crippen LogP contribution in [-0.2, 0) is 32.7 Å². The minimum Gasteiger partial charge on any atom is -0.462 e. The molecule has 0 amide bonds. The maximum Gasteiger partial charge on any atom is 0.472 e. The predicted octanol–water partition coefficient (Wildman–Crippen LogP) is 26.8. The highest BCUT2D eigenvalue weighted by Crippen LogP contribution is 2.43. The van der Waals surface area contributed by atoms with Crippen LogP contribution in [0.1, 0.15) is 322 Å². The maximum absolute atomic E-state index is 12.9. The van der Waals surface area contributed by atoms with Gasteiger partial charge in [-0.15, -0.1) is 0 Å². The summed E-state index contributed by atoms with van der Waals surface area (Å²) < 4.78 is 34.8. The summed E-state index contributed by atoms with van der Waals surface area (Å²) in [7, 11) is 1.46. The Balaban J connectivity index is 4.04. The number of carbonyl (C=O) groups excluding carboxylic acids is 2. The highest BCUT2D eigenvalue weighted by Gasteiger charge is 2.27. The van der Waals surface area contributed by atoms with Crippen molar-refractivity contribution in [2.24, 2.45) is 0 Å². The number of rotatable bonds is 72. The Labute approximate surface area is 604 Å². The van der Waals surface area contributed by atoms with Gasteiger partial charge in [-0.2, -0.15) is 0 Å². The second kappa shape index (κ2) is 76.5. The number of carbonyl (C=O) groups is 2. The number of hydrogen-bond acceptors (Lipinski definition) is 7. The van der Waals surface area contributed by atoms with Gasteiger partial charge in [0.15, 0.2) is 6.10 Å². The van der Waals surface area contributed by atoms with Crippen LogP contribution in [0.25, 0.3) is 0 Å². The number of likely N-dealkylation sites (N-methyl/N-ethyl adjacent to an activating group) is 1. The van der Waals surface area contributed by atoms with E-state index in [9.17, 15) is 19.0 Å². The molecule has 0 bridgehead atoms. The van der Waals surface area contributed by atoms with Crippen molar-refractivity contribution in [1.82, 2.24) is 0 Å². The van der Waals surface area contributed by atoms with Crippen molar-refractivity contribution < 1.29 is 42.1 Å². The van der Waals surface area contributed by atoms with Crippen LogP contribution >= 0.6 is 7.82 Å². The molecule has 0 aromatic rings. The molecule has 0 fully saturated rings. The van der Waals surface area contributed by atoms with Gasteiger partial charge in [-0.1, -0.05) is 351 Å². The Morgan fingerprint density at radius 2 is 0.551 bits per heavy atom. The molecule has 0 aromatic carbocycles. The van der Waals surface area contributed by atoms with Gasteiger partial charge in [0.2, 0.25) is 0 Å². The standard InChI is InChI=1S/C88H148NO8P/c1-6-8-10-12-14-16-18-20-22-24-26-28-30-32-34-36-38-40-42-44-46-48-50-52-54-56-58-60-62-64-66-68-70-72-74-76-78-80-87(90)94-84-86(85-96-98(92,93)95-83-82-89(3,4)5)97-88(91)81-79-77-75-73-71-69-67-65-63-61-59-57-55-53-51-49-47-45-43-41-39-37-35-33-31-29-27-25-23-21-19-17-15-13-11-9-7-2/h8-11,14-17,20-23,26-29,33,35,39,41,45,47,51,53,57,59,63,65,86H,6-7,12-13,18-19,24-25,30-32,34,36-38,40,42-44,46,48-50,52,54-56,58,60-62,64,66-85H2,1-5H3/p+1/b10-8-,11-9-,16-14-,17-15-,22-20-,23-21-,28-26-,29-27-,35-33-,41-39-,47-45-,53-51-,59-57-,65-63-. The minimum atomic E-state index is -4.41. The number of ether oxygens (including phenoxy) is 2. The van der Waals surface area contributed by atoms with E-state index in [0.29, 0.717) is 17.4 Å². The van der Waals surface area contributed by atoms with Crippen molar-refractivity contribution in [3.05, 3.63) is 170 Å². The molecule has 0 aliphatic rings. The zero-order valence-electron chi connectivity index (χ0n) is 63.7. The van der Waals surface area contributed by atoms with E-state index >= 15 is 0 Å². The Hall–Kier alpha value is -4.63. The molecule has 0 radical (unpaired) electrons. The summed E-state index contributed by atoms with van der Waals surface area (Å²) >= 11 is 0. The molecule has 2 atom stereocenters. The topological polar surface area (TPSA) is 108 Å². The molecule has 0 heterocycles. The quantitative estimate of drug-likeness (QED) is 0.0211. The monoisotopic (exact) mass is 1380 g/mol. The Kier molecular flexibility index (Phi) is 72.9. The SMILES string of the molecule is CC/C=C\C/C=C\C/C=C\C/C=C\C/C=C\C/C=C\C/C=C\C/C=C\C/C=C\C/C=C\CCCCCCCCC(=O)OC(COC(=O)CCCCCCCCCCCCCCCCCCCCCCCCCC/C=C\C/C=C\C/C=C\C/C=C\CC)COP(=O)(O)OCC[N+](C)(C)C. The van der Waals surface area contributed by atoms with Crippen molar-refractivity contribution in [3.8, 4) is 0 Å².